The third kappa shape index (κ3) is 4.58. The molecule has 0 aliphatic rings. The molecular weight excluding hydrogens is 379 g/mol. The topological polar surface area (TPSA) is 86.4 Å². The average molecular weight is 393 g/mol. The predicted molar refractivity (Wildman–Crippen MR) is 92.7 cm³/mol. The summed E-state index contributed by atoms with van der Waals surface area (Å²) in [6.45, 7) is 1.47. The van der Waals surface area contributed by atoms with Gasteiger partial charge in [0.2, 0.25) is 5.91 Å². The van der Waals surface area contributed by atoms with Crippen molar-refractivity contribution in [3.05, 3.63) is 65.1 Å². The highest BCUT2D eigenvalue weighted by Crippen LogP contribution is 2.24. The molecule has 2 heterocycles. The number of nitrogens with one attached hydrogen (secondary N) is 1. The number of rotatable bonds is 5. The smallest absolute Gasteiger partial charge is 0.463 e. The van der Waals surface area contributed by atoms with E-state index in [1.54, 1.807) is 12.1 Å². The largest absolute Gasteiger partial charge is 0.573 e. The van der Waals surface area contributed by atoms with Crippen molar-refractivity contribution >= 4 is 11.6 Å². The standard InChI is InChI=1S/C18H14F3N3O4/c1-11(24-16(25)9-8-14(23-24)15-3-2-10-27-15)17(26)22-12-4-6-13(7-5-12)28-18(19,20)21/h2-11H,1H3,(H,22,26). The first kappa shape index (κ1) is 19.2. The number of alkyl halides is 3. The fourth-order valence-electron chi connectivity index (χ4n) is 2.36. The Morgan fingerprint density at radius 3 is 2.50 bits per heavy atom. The van der Waals surface area contributed by atoms with Crippen molar-refractivity contribution in [2.45, 2.75) is 19.3 Å². The molecule has 1 N–H and O–H groups in total. The highest BCUT2D eigenvalue weighted by atomic mass is 19.4. The number of ether oxygens (including phenoxy) is 1. The summed E-state index contributed by atoms with van der Waals surface area (Å²) in [5.41, 5.74) is 0.117. The number of carbonyl (C=O) groups excluding carboxylic acids is 1. The van der Waals surface area contributed by atoms with E-state index >= 15 is 0 Å². The van der Waals surface area contributed by atoms with Crippen LogP contribution in [0.4, 0.5) is 18.9 Å². The third-order valence-corrected chi connectivity index (χ3v) is 3.70. The molecule has 0 saturated carbocycles. The maximum atomic E-state index is 12.4. The fraction of sp³-hybridized carbons (Fsp3) is 0.167. The molecule has 7 nitrogen and oxygen atoms in total. The van der Waals surface area contributed by atoms with E-state index in [1.807, 2.05) is 0 Å². The lowest BCUT2D eigenvalue weighted by molar-refractivity contribution is -0.274. The van der Waals surface area contributed by atoms with Gasteiger partial charge in [-0.05, 0) is 49.4 Å². The molecule has 0 aliphatic heterocycles. The third-order valence-electron chi connectivity index (χ3n) is 3.70. The Hall–Kier alpha value is -3.56. The summed E-state index contributed by atoms with van der Waals surface area (Å²) in [7, 11) is 0. The first-order valence-electron chi connectivity index (χ1n) is 8.03. The minimum Gasteiger partial charge on any atom is -0.463 e. The van der Waals surface area contributed by atoms with Gasteiger partial charge in [0, 0.05) is 11.8 Å². The molecule has 3 aromatic rings. The van der Waals surface area contributed by atoms with Crippen molar-refractivity contribution < 1.29 is 27.1 Å². The van der Waals surface area contributed by atoms with Crippen LogP contribution in [0.3, 0.4) is 0 Å². The van der Waals surface area contributed by atoms with E-state index in [1.165, 1.54) is 37.5 Å². The summed E-state index contributed by atoms with van der Waals surface area (Å²) in [5, 5.41) is 6.65. The molecule has 0 fully saturated rings. The maximum Gasteiger partial charge on any atom is 0.573 e. The van der Waals surface area contributed by atoms with Gasteiger partial charge in [0.05, 0.1) is 6.26 Å². The van der Waals surface area contributed by atoms with Crippen LogP contribution in [0.2, 0.25) is 0 Å². The Morgan fingerprint density at radius 1 is 1.18 bits per heavy atom. The van der Waals surface area contributed by atoms with E-state index in [4.69, 9.17) is 4.42 Å². The molecule has 2 aromatic heterocycles. The molecule has 10 heteroatoms. The average Bonchev–Trinajstić information content (AvgIpc) is 3.16. The van der Waals surface area contributed by atoms with Gasteiger partial charge in [-0.1, -0.05) is 0 Å². The van der Waals surface area contributed by atoms with Gasteiger partial charge >= 0.3 is 6.36 Å². The molecule has 3 rings (SSSR count). The van der Waals surface area contributed by atoms with Gasteiger partial charge in [-0.3, -0.25) is 9.59 Å². The molecule has 0 saturated heterocycles. The molecule has 146 valence electrons. The number of aromatic nitrogens is 2. The highest BCUT2D eigenvalue weighted by molar-refractivity contribution is 5.93. The Kier molecular flexibility index (Phi) is 5.21. The number of hydrogen-bond acceptors (Lipinski definition) is 5. The number of hydrogen-bond donors (Lipinski definition) is 1. The molecule has 0 aliphatic carbocycles. The molecular formula is C18H14F3N3O4. The molecule has 28 heavy (non-hydrogen) atoms. The molecule has 1 unspecified atom stereocenters. The van der Waals surface area contributed by atoms with E-state index in [9.17, 15) is 22.8 Å². The Balaban J connectivity index is 1.74. The monoisotopic (exact) mass is 393 g/mol. The second-order valence-electron chi connectivity index (χ2n) is 5.72. The summed E-state index contributed by atoms with van der Waals surface area (Å²) < 4.78 is 46.5. The zero-order valence-electron chi connectivity index (χ0n) is 14.4. The normalized spacial score (nSPS) is 12.4. The van der Waals surface area contributed by atoms with Gasteiger partial charge in [-0.25, -0.2) is 4.68 Å². The van der Waals surface area contributed by atoms with Gasteiger partial charge in [-0.2, -0.15) is 5.10 Å². The Bertz CT molecular complexity index is 1010. The number of halogens is 3. The molecule has 0 radical (unpaired) electrons. The minimum absolute atomic E-state index is 0.238. The zero-order chi connectivity index (χ0) is 20.3. The maximum absolute atomic E-state index is 12.4. The van der Waals surface area contributed by atoms with Gasteiger partial charge in [0.25, 0.3) is 5.56 Å². The van der Waals surface area contributed by atoms with E-state index < -0.39 is 29.6 Å². The number of amides is 1. The van der Waals surface area contributed by atoms with Crippen LogP contribution in [0.5, 0.6) is 5.75 Å². The number of carbonyl (C=O) groups is 1. The lowest BCUT2D eigenvalue weighted by Gasteiger charge is -2.15. The summed E-state index contributed by atoms with van der Waals surface area (Å²) in [5.74, 6) is -0.556. The second-order valence-corrected chi connectivity index (χ2v) is 5.72. The van der Waals surface area contributed by atoms with Gasteiger partial charge < -0.3 is 14.5 Å². The molecule has 1 aromatic carbocycles. The van der Waals surface area contributed by atoms with Crippen molar-refractivity contribution in [1.29, 1.82) is 0 Å². The first-order valence-corrected chi connectivity index (χ1v) is 8.03. The second kappa shape index (κ2) is 7.59. The van der Waals surface area contributed by atoms with Crippen LogP contribution in [0.1, 0.15) is 13.0 Å². The molecule has 0 spiro atoms. The predicted octanol–water partition coefficient (Wildman–Crippen LogP) is 3.60. The number of anilines is 1. The van der Waals surface area contributed by atoms with Crippen LogP contribution in [-0.2, 0) is 4.79 Å². The SMILES string of the molecule is CC(C(=O)Nc1ccc(OC(F)(F)F)cc1)n1nc(-c2ccco2)ccc1=O. The van der Waals surface area contributed by atoms with Gasteiger partial charge in [0.1, 0.15) is 17.5 Å². The van der Waals surface area contributed by atoms with Crippen molar-refractivity contribution in [1.82, 2.24) is 9.78 Å². The Labute approximate surface area is 156 Å². The number of furan rings is 1. The lowest BCUT2D eigenvalue weighted by Crippen LogP contribution is -2.33. The Morgan fingerprint density at radius 2 is 1.89 bits per heavy atom. The van der Waals surface area contributed by atoms with E-state index in [-0.39, 0.29) is 5.69 Å². The van der Waals surface area contributed by atoms with Crippen molar-refractivity contribution in [2.24, 2.45) is 0 Å². The van der Waals surface area contributed by atoms with Gasteiger partial charge in [0.15, 0.2) is 5.76 Å². The van der Waals surface area contributed by atoms with Crippen molar-refractivity contribution in [2.75, 3.05) is 5.32 Å². The van der Waals surface area contributed by atoms with Crippen LogP contribution in [0, 0.1) is 0 Å². The van der Waals surface area contributed by atoms with Crippen molar-refractivity contribution in [3.8, 4) is 17.2 Å². The van der Waals surface area contributed by atoms with E-state index in [0.717, 1.165) is 16.8 Å². The van der Waals surface area contributed by atoms with E-state index in [0.29, 0.717) is 11.5 Å². The van der Waals surface area contributed by atoms with Crippen LogP contribution < -0.4 is 15.6 Å². The quantitative estimate of drug-likeness (QED) is 0.716. The highest BCUT2D eigenvalue weighted by Gasteiger charge is 2.31. The first-order chi connectivity index (χ1) is 13.2. The van der Waals surface area contributed by atoms with Crippen LogP contribution in [-0.4, -0.2) is 22.1 Å². The minimum atomic E-state index is -4.80. The molecule has 0 bridgehead atoms. The number of nitrogens with zero attached hydrogens (tertiary/aromatic N) is 2. The molecule has 1 amide bonds. The lowest BCUT2D eigenvalue weighted by atomic mass is 10.2. The molecule has 1 atom stereocenters. The fourth-order valence-corrected chi connectivity index (χ4v) is 2.36. The number of benzene rings is 1. The van der Waals surface area contributed by atoms with Crippen LogP contribution in [0.15, 0.2) is 64.0 Å². The summed E-state index contributed by atoms with van der Waals surface area (Å²) in [6, 6.07) is 9.71. The van der Waals surface area contributed by atoms with Crippen molar-refractivity contribution in [3.63, 3.8) is 0 Å². The summed E-state index contributed by atoms with van der Waals surface area (Å²) >= 11 is 0. The zero-order valence-corrected chi connectivity index (χ0v) is 14.4. The van der Waals surface area contributed by atoms with Crippen LogP contribution >= 0.6 is 0 Å². The van der Waals surface area contributed by atoms with Gasteiger partial charge in [-0.15, -0.1) is 13.2 Å². The summed E-state index contributed by atoms with van der Waals surface area (Å²) in [4.78, 5) is 24.5. The van der Waals surface area contributed by atoms with Crippen LogP contribution in [0.25, 0.3) is 11.5 Å². The summed E-state index contributed by atoms with van der Waals surface area (Å²) in [6.07, 6.45) is -3.35. The van der Waals surface area contributed by atoms with E-state index in [2.05, 4.69) is 15.2 Å².